The molecule has 0 spiro atoms. The summed E-state index contributed by atoms with van der Waals surface area (Å²) in [5.74, 6) is 2.24. The maximum absolute atomic E-state index is 12.0. The molecule has 0 fully saturated rings. The van der Waals surface area contributed by atoms with Crippen molar-refractivity contribution in [3.63, 3.8) is 0 Å². The maximum atomic E-state index is 12.0. The Balaban J connectivity index is 1.76. The van der Waals surface area contributed by atoms with Crippen LogP contribution in [0.25, 0.3) is 11.3 Å². The fourth-order valence-electron chi connectivity index (χ4n) is 2.70. The number of methoxy groups -OCH3 is 2. The second-order valence-corrected chi connectivity index (χ2v) is 6.65. The lowest BCUT2D eigenvalue weighted by molar-refractivity contribution is 0.230. The first-order chi connectivity index (χ1) is 14.5. The molecule has 0 radical (unpaired) electrons. The third kappa shape index (κ3) is 5.38. The predicted octanol–water partition coefficient (Wildman–Crippen LogP) is 3.69. The summed E-state index contributed by atoms with van der Waals surface area (Å²) in [6.07, 6.45) is 1.64. The number of benzene rings is 2. The number of H-pyrrole nitrogens is 1. The highest BCUT2D eigenvalue weighted by Gasteiger charge is 2.07. The summed E-state index contributed by atoms with van der Waals surface area (Å²) in [5.41, 5.74) is 4.58. The maximum Gasteiger partial charge on any atom is 0.252 e. The molecule has 3 rings (SSSR count). The minimum atomic E-state index is -0.287. The molecule has 0 saturated heterocycles. The van der Waals surface area contributed by atoms with Gasteiger partial charge < -0.3 is 14.2 Å². The summed E-state index contributed by atoms with van der Waals surface area (Å²) in [6.45, 7) is 3.90. The van der Waals surface area contributed by atoms with Gasteiger partial charge in [0.25, 0.3) is 5.56 Å². The molecule has 1 aromatic heterocycles. The molecule has 8 heteroatoms. The number of ether oxygens (including phenoxy) is 3. The van der Waals surface area contributed by atoms with E-state index in [1.807, 2.05) is 56.3 Å². The van der Waals surface area contributed by atoms with E-state index in [0.29, 0.717) is 17.2 Å². The molecule has 0 aliphatic heterocycles. The molecular weight excluding hydrogens is 384 g/mol. The lowest BCUT2D eigenvalue weighted by Crippen LogP contribution is -2.10. The Morgan fingerprint density at radius 2 is 1.80 bits per heavy atom. The molecule has 0 unspecified atom stereocenters. The van der Waals surface area contributed by atoms with Gasteiger partial charge in [0.05, 0.1) is 32.2 Å². The minimum Gasteiger partial charge on any atom is -0.497 e. The zero-order chi connectivity index (χ0) is 21.5. The molecule has 0 saturated carbocycles. The van der Waals surface area contributed by atoms with Gasteiger partial charge in [0.15, 0.2) is 11.5 Å². The molecule has 0 aliphatic carbocycles. The van der Waals surface area contributed by atoms with Crippen LogP contribution < -0.4 is 25.2 Å². The van der Waals surface area contributed by atoms with Crippen molar-refractivity contribution < 1.29 is 14.2 Å². The first-order valence-electron chi connectivity index (χ1n) is 9.38. The number of nitrogens with zero attached hydrogens (tertiary/aromatic N) is 2. The molecule has 1 heterocycles. The van der Waals surface area contributed by atoms with Gasteiger partial charge in [0.1, 0.15) is 5.75 Å². The molecule has 0 aliphatic rings. The number of hydrazone groups is 1. The average Bonchev–Trinajstić information content (AvgIpc) is 2.74. The third-order valence-corrected chi connectivity index (χ3v) is 4.06. The largest absolute Gasteiger partial charge is 0.497 e. The van der Waals surface area contributed by atoms with Gasteiger partial charge in [-0.25, -0.2) is 10.4 Å². The first kappa shape index (κ1) is 20.9. The van der Waals surface area contributed by atoms with Gasteiger partial charge in [-0.15, -0.1) is 0 Å². The van der Waals surface area contributed by atoms with Gasteiger partial charge in [-0.1, -0.05) is 0 Å². The SMILES string of the molecule is COc1ccc(-c2cc(=O)[nH]c(N/N=C\c3ccc(OC(C)C)c(OC)c3)n2)cc1. The Labute approximate surface area is 174 Å². The summed E-state index contributed by atoms with van der Waals surface area (Å²) in [6, 6.07) is 14.2. The molecule has 0 amide bonds. The fourth-order valence-corrected chi connectivity index (χ4v) is 2.70. The molecule has 3 aromatic rings. The van der Waals surface area contributed by atoms with Crippen LogP contribution in [0.15, 0.2) is 58.4 Å². The van der Waals surface area contributed by atoms with E-state index in [0.717, 1.165) is 16.9 Å². The van der Waals surface area contributed by atoms with Crippen molar-refractivity contribution in [3.05, 3.63) is 64.4 Å². The van der Waals surface area contributed by atoms with Crippen molar-refractivity contribution in [1.29, 1.82) is 0 Å². The highest BCUT2D eigenvalue weighted by atomic mass is 16.5. The number of nitrogens with one attached hydrogen (secondary N) is 2. The van der Waals surface area contributed by atoms with E-state index in [1.54, 1.807) is 20.4 Å². The zero-order valence-electron chi connectivity index (χ0n) is 17.3. The third-order valence-electron chi connectivity index (χ3n) is 4.06. The van der Waals surface area contributed by atoms with Gasteiger partial charge >= 0.3 is 0 Å². The lowest BCUT2D eigenvalue weighted by atomic mass is 10.1. The summed E-state index contributed by atoms with van der Waals surface area (Å²) >= 11 is 0. The van der Waals surface area contributed by atoms with E-state index in [9.17, 15) is 4.79 Å². The van der Waals surface area contributed by atoms with Crippen LogP contribution in [0.5, 0.6) is 17.2 Å². The Morgan fingerprint density at radius 1 is 1.03 bits per heavy atom. The van der Waals surface area contributed by atoms with Crippen LogP contribution in [0.4, 0.5) is 5.95 Å². The molecule has 156 valence electrons. The van der Waals surface area contributed by atoms with E-state index in [2.05, 4.69) is 20.5 Å². The second kappa shape index (κ2) is 9.60. The summed E-state index contributed by atoms with van der Waals surface area (Å²) in [7, 11) is 3.18. The quantitative estimate of drug-likeness (QED) is 0.436. The first-order valence-corrected chi connectivity index (χ1v) is 9.38. The van der Waals surface area contributed by atoms with Gasteiger partial charge in [-0.3, -0.25) is 9.78 Å². The average molecular weight is 408 g/mol. The zero-order valence-corrected chi connectivity index (χ0v) is 17.3. The summed E-state index contributed by atoms with van der Waals surface area (Å²) in [4.78, 5) is 19.0. The monoisotopic (exact) mass is 408 g/mol. The smallest absolute Gasteiger partial charge is 0.252 e. The van der Waals surface area contributed by atoms with E-state index < -0.39 is 0 Å². The Kier molecular flexibility index (Phi) is 6.69. The van der Waals surface area contributed by atoms with Crippen molar-refractivity contribution in [2.45, 2.75) is 20.0 Å². The van der Waals surface area contributed by atoms with Crippen LogP contribution in [0, 0.1) is 0 Å². The van der Waals surface area contributed by atoms with Crippen LogP contribution >= 0.6 is 0 Å². The number of hydrogen-bond donors (Lipinski definition) is 2. The molecule has 2 aromatic carbocycles. The Morgan fingerprint density at radius 3 is 2.47 bits per heavy atom. The highest BCUT2D eigenvalue weighted by Crippen LogP contribution is 2.28. The number of hydrogen-bond acceptors (Lipinski definition) is 7. The highest BCUT2D eigenvalue weighted by molar-refractivity contribution is 5.81. The van der Waals surface area contributed by atoms with Gasteiger partial charge in [0.2, 0.25) is 5.95 Å². The minimum absolute atomic E-state index is 0.0426. The fraction of sp³-hybridized carbons (Fsp3) is 0.227. The van der Waals surface area contributed by atoms with Gasteiger partial charge in [0, 0.05) is 11.6 Å². The molecule has 30 heavy (non-hydrogen) atoms. The lowest BCUT2D eigenvalue weighted by Gasteiger charge is -2.13. The van der Waals surface area contributed by atoms with Gasteiger partial charge in [-0.2, -0.15) is 5.10 Å². The molecule has 0 atom stereocenters. The van der Waals surface area contributed by atoms with E-state index in [4.69, 9.17) is 14.2 Å². The summed E-state index contributed by atoms with van der Waals surface area (Å²) < 4.78 is 16.2. The van der Waals surface area contributed by atoms with E-state index in [1.165, 1.54) is 6.07 Å². The van der Waals surface area contributed by atoms with Crippen LogP contribution in [0.2, 0.25) is 0 Å². The Bertz CT molecular complexity index is 1080. The topological polar surface area (TPSA) is 97.8 Å². The van der Waals surface area contributed by atoms with E-state index in [-0.39, 0.29) is 17.6 Å². The molecule has 2 N–H and O–H groups in total. The number of rotatable bonds is 8. The molecule has 0 bridgehead atoms. The van der Waals surface area contributed by atoms with Crippen molar-refractivity contribution in [2.24, 2.45) is 5.10 Å². The number of anilines is 1. The van der Waals surface area contributed by atoms with Crippen LogP contribution in [-0.2, 0) is 0 Å². The van der Waals surface area contributed by atoms with E-state index >= 15 is 0 Å². The van der Waals surface area contributed by atoms with Crippen LogP contribution in [0.3, 0.4) is 0 Å². The second-order valence-electron chi connectivity index (χ2n) is 6.65. The van der Waals surface area contributed by atoms with Gasteiger partial charge in [-0.05, 0) is 61.9 Å². The number of aromatic nitrogens is 2. The standard InChI is InChI=1S/C22H24N4O4/c1-14(2)30-19-10-5-15(11-20(19)29-4)13-23-26-22-24-18(12-21(27)25-22)16-6-8-17(28-3)9-7-16/h5-14H,1-4H3,(H2,24,25,26,27)/b23-13-. The Hall–Kier alpha value is -3.81. The van der Waals surface area contributed by atoms with Crippen LogP contribution in [0.1, 0.15) is 19.4 Å². The predicted molar refractivity (Wildman–Crippen MR) is 117 cm³/mol. The van der Waals surface area contributed by atoms with Crippen molar-refractivity contribution in [1.82, 2.24) is 9.97 Å². The molecule has 8 nitrogen and oxygen atoms in total. The molecular formula is C22H24N4O4. The van der Waals surface area contributed by atoms with Crippen molar-refractivity contribution in [3.8, 4) is 28.5 Å². The van der Waals surface area contributed by atoms with Crippen LogP contribution in [-0.4, -0.2) is 36.5 Å². The van der Waals surface area contributed by atoms with Crippen molar-refractivity contribution in [2.75, 3.05) is 19.6 Å². The summed E-state index contributed by atoms with van der Waals surface area (Å²) in [5, 5.41) is 4.16. The number of aromatic amines is 1. The van der Waals surface area contributed by atoms with Crippen molar-refractivity contribution >= 4 is 12.2 Å². The normalized spacial score (nSPS) is 11.0.